The van der Waals surface area contributed by atoms with Crippen molar-refractivity contribution in [2.24, 2.45) is 0 Å². The lowest BCUT2D eigenvalue weighted by Crippen LogP contribution is -2.12. The van der Waals surface area contributed by atoms with Gasteiger partial charge in [-0.2, -0.15) is 0 Å². The van der Waals surface area contributed by atoms with Crippen molar-refractivity contribution in [1.82, 2.24) is 4.90 Å². The minimum Gasteiger partial charge on any atom is -0.309 e. The molecule has 0 saturated heterocycles. The van der Waals surface area contributed by atoms with Crippen LogP contribution >= 0.6 is 0 Å². The third-order valence-electron chi connectivity index (χ3n) is 0.959. The van der Waals surface area contributed by atoms with E-state index in [9.17, 15) is 0 Å². The third-order valence-corrected chi connectivity index (χ3v) is 0.959. The highest BCUT2D eigenvalue weighted by Crippen LogP contribution is 1.86. The van der Waals surface area contributed by atoms with Crippen molar-refractivity contribution in [2.45, 2.75) is 26.7 Å². The molecule has 10 heavy (non-hydrogen) atoms. The van der Waals surface area contributed by atoms with E-state index in [1.165, 1.54) is 26.3 Å². The lowest BCUT2D eigenvalue weighted by molar-refractivity contribution is -0.106. The maximum absolute atomic E-state index is 8.81. The molecule has 0 radical (unpaired) electrons. The Morgan fingerprint density at radius 3 is 1.90 bits per heavy atom. The molecule has 0 amide bonds. The standard InChI is InChI=1S/C6H15N.C2H4O/c1-4-5-6-7(2)3;1-2-3/h4-6H2,1-3H3;2H,1H3. The molecule has 0 fully saturated rings. The molecule has 0 rings (SSSR count). The molecule has 0 N–H and O–H groups in total. The molecule has 2 nitrogen and oxygen atoms in total. The van der Waals surface area contributed by atoms with Crippen LogP contribution in [0.2, 0.25) is 0 Å². The molecule has 0 aliphatic carbocycles. The number of hydrogen-bond acceptors (Lipinski definition) is 2. The zero-order valence-electron chi connectivity index (χ0n) is 7.55. The molecule has 62 valence electrons. The average molecular weight is 145 g/mol. The van der Waals surface area contributed by atoms with Crippen LogP contribution in [0.25, 0.3) is 0 Å². The van der Waals surface area contributed by atoms with Gasteiger partial charge < -0.3 is 9.69 Å². The van der Waals surface area contributed by atoms with Crippen LogP contribution in [0.15, 0.2) is 0 Å². The molecule has 0 aliphatic rings. The molecule has 0 bridgehead atoms. The normalized spacial score (nSPS) is 8.50. The molecule has 0 aromatic rings. The van der Waals surface area contributed by atoms with Crippen molar-refractivity contribution in [2.75, 3.05) is 20.6 Å². The van der Waals surface area contributed by atoms with E-state index in [1.807, 2.05) is 0 Å². The topological polar surface area (TPSA) is 20.3 Å². The molecule has 0 aromatic carbocycles. The van der Waals surface area contributed by atoms with E-state index in [-0.39, 0.29) is 0 Å². The number of aldehydes is 1. The maximum Gasteiger partial charge on any atom is 0.116 e. The lowest BCUT2D eigenvalue weighted by atomic mass is 10.3. The molecule has 0 saturated carbocycles. The summed E-state index contributed by atoms with van der Waals surface area (Å²) in [5.41, 5.74) is 0. The Bertz CT molecular complexity index is 62.3. The lowest BCUT2D eigenvalue weighted by Gasteiger charge is -2.05. The second kappa shape index (κ2) is 11.4. The van der Waals surface area contributed by atoms with E-state index in [0.717, 1.165) is 6.29 Å². The summed E-state index contributed by atoms with van der Waals surface area (Å²) in [5.74, 6) is 0. The fourth-order valence-electron chi connectivity index (χ4n) is 0.474. The first-order valence-corrected chi connectivity index (χ1v) is 3.73. The summed E-state index contributed by atoms with van der Waals surface area (Å²) in [5, 5.41) is 0. The van der Waals surface area contributed by atoms with Gasteiger partial charge in [0.15, 0.2) is 0 Å². The summed E-state index contributed by atoms with van der Waals surface area (Å²) in [6.07, 6.45) is 3.38. The van der Waals surface area contributed by atoms with E-state index < -0.39 is 0 Å². The highest BCUT2D eigenvalue weighted by Gasteiger charge is 1.83. The average Bonchev–Trinajstić information content (AvgIpc) is 1.85. The van der Waals surface area contributed by atoms with E-state index in [1.54, 1.807) is 0 Å². The number of rotatable bonds is 3. The molecule has 0 heterocycles. The van der Waals surface area contributed by atoms with Gasteiger partial charge in [0.05, 0.1) is 0 Å². The molecular weight excluding hydrogens is 126 g/mol. The summed E-state index contributed by atoms with van der Waals surface area (Å²) in [6, 6.07) is 0. The summed E-state index contributed by atoms with van der Waals surface area (Å²) in [4.78, 5) is 11.0. The monoisotopic (exact) mass is 145 g/mol. The number of carbonyl (C=O) groups excluding carboxylic acids is 1. The molecule has 0 aromatic heterocycles. The quantitative estimate of drug-likeness (QED) is 0.562. The smallest absolute Gasteiger partial charge is 0.116 e. The molecule has 0 spiro atoms. The van der Waals surface area contributed by atoms with Gasteiger partial charge in [-0.25, -0.2) is 0 Å². The van der Waals surface area contributed by atoms with Gasteiger partial charge in [-0.15, -0.1) is 0 Å². The van der Waals surface area contributed by atoms with Crippen molar-refractivity contribution in [3.63, 3.8) is 0 Å². The number of nitrogens with zero attached hydrogens (tertiary/aromatic N) is 1. The fraction of sp³-hybridized carbons (Fsp3) is 0.875. The highest BCUT2D eigenvalue weighted by molar-refractivity contribution is 5.44. The predicted molar refractivity (Wildman–Crippen MR) is 45.2 cm³/mol. The predicted octanol–water partition coefficient (Wildman–Crippen LogP) is 1.55. The minimum absolute atomic E-state index is 0.750. The SMILES string of the molecule is CC=O.CCCCN(C)C. The molecule has 0 atom stereocenters. The van der Waals surface area contributed by atoms with Gasteiger partial charge in [-0.3, -0.25) is 0 Å². The molecule has 0 aliphatic heterocycles. The first-order chi connectivity index (χ1) is 4.68. The first-order valence-electron chi connectivity index (χ1n) is 3.73. The van der Waals surface area contributed by atoms with Crippen molar-refractivity contribution in [3.8, 4) is 0 Å². The Balaban J connectivity index is 0. The van der Waals surface area contributed by atoms with Crippen LogP contribution < -0.4 is 0 Å². The third kappa shape index (κ3) is 25.5. The Hall–Kier alpha value is -0.370. The van der Waals surface area contributed by atoms with Crippen LogP contribution in [-0.2, 0) is 4.79 Å². The van der Waals surface area contributed by atoms with Gasteiger partial charge in [-0.05, 0) is 34.0 Å². The van der Waals surface area contributed by atoms with Crippen LogP contribution in [0.3, 0.4) is 0 Å². The first kappa shape index (κ1) is 12.3. The molecule has 2 heteroatoms. The number of carbonyl (C=O) groups is 1. The van der Waals surface area contributed by atoms with E-state index >= 15 is 0 Å². The summed E-state index contributed by atoms with van der Waals surface area (Å²) in [6.45, 7) is 4.89. The largest absolute Gasteiger partial charge is 0.309 e. The Kier molecular flexibility index (Phi) is 14.1. The van der Waals surface area contributed by atoms with Crippen molar-refractivity contribution in [1.29, 1.82) is 0 Å². The van der Waals surface area contributed by atoms with Gasteiger partial charge in [0, 0.05) is 0 Å². The van der Waals surface area contributed by atoms with Gasteiger partial charge in [0.1, 0.15) is 6.29 Å². The van der Waals surface area contributed by atoms with Gasteiger partial charge in [-0.1, -0.05) is 13.3 Å². The Morgan fingerprint density at radius 2 is 1.80 bits per heavy atom. The molecular formula is C8H19NO. The van der Waals surface area contributed by atoms with E-state index in [0.29, 0.717) is 0 Å². The fourth-order valence-corrected chi connectivity index (χ4v) is 0.474. The second-order valence-corrected chi connectivity index (χ2v) is 2.39. The summed E-state index contributed by atoms with van der Waals surface area (Å²) in [7, 11) is 4.21. The van der Waals surface area contributed by atoms with Crippen LogP contribution in [0.1, 0.15) is 26.7 Å². The van der Waals surface area contributed by atoms with Crippen molar-refractivity contribution < 1.29 is 4.79 Å². The van der Waals surface area contributed by atoms with E-state index in [2.05, 4.69) is 25.9 Å². The van der Waals surface area contributed by atoms with Gasteiger partial charge in [0.2, 0.25) is 0 Å². The second-order valence-electron chi connectivity index (χ2n) is 2.39. The number of hydrogen-bond donors (Lipinski definition) is 0. The zero-order chi connectivity index (χ0) is 8.41. The van der Waals surface area contributed by atoms with Crippen molar-refractivity contribution in [3.05, 3.63) is 0 Å². The van der Waals surface area contributed by atoms with Crippen LogP contribution in [0.5, 0.6) is 0 Å². The summed E-state index contributed by atoms with van der Waals surface area (Å²) >= 11 is 0. The van der Waals surface area contributed by atoms with Crippen LogP contribution in [-0.4, -0.2) is 31.8 Å². The zero-order valence-corrected chi connectivity index (χ0v) is 7.55. The van der Waals surface area contributed by atoms with Gasteiger partial charge >= 0.3 is 0 Å². The Labute approximate surface area is 64.2 Å². The molecule has 0 unspecified atom stereocenters. The van der Waals surface area contributed by atoms with E-state index in [4.69, 9.17) is 4.79 Å². The maximum atomic E-state index is 8.81. The summed E-state index contributed by atoms with van der Waals surface area (Å²) < 4.78 is 0. The minimum atomic E-state index is 0.750. The van der Waals surface area contributed by atoms with Crippen LogP contribution in [0, 0.1) is 0 Å². The van der Waals surface area contributed by atoms with Gasteiger partial charge in [0.25, 0.3) is 0 Å². The Morgan fingerprint density at radius 1 is 1.40 bits per heavy atom. The highest BCUT2D eigenvalue weighted by atomic mass is 16.1. The number of unbranched alkanes of at least 4 members (excludes halogenated alkanes) is 1. The van der Waals surface area contributed by atoms with Crippen LogP contribution in [0.4, 0.5) is 0 Å². The van der Waals surface area contributed by atoms with Crippen molar-refractivity contribution >= 4 is 6.29 Å².